The molecule has 0 saturated heterocycles. The largest absolute Gasteiger partial charge is 0.296 e. The van der Waals surface area contributed by atoms with Crippen molar-refractivity contribution in [1.29, 1.82) is 5.26 Å². The molecule has 2 unspecified atom stereocenters. The second-order valence-electron chi connectivity index (χ2n) is 4.50. The Balaban J connectivity index is 2.07. The van der Waals surface area contributed by atoms with Crippen molar-refractivity contribution in [3.05, 3.63) is 0 Å². The van der Waals surface area contributed by atoms with E-state index in [1.165, 1.54) is 25.7 Å². The van der Waals surface area contributed by atoms with Gasteiger partial charge in [-0.25, -0.2) is 0 Å². The lowest BCUT2D eigenvalue weighted by Gasteiger charge is -2.29. The number of nitrogens with one attached hydrogen (secondary N) is 1. The molecule has 2 fully saturated rings. The highest BCUT2D eigenvalue weighted by atomic mass is 15.1. The zero-order valence-corrected chi connectivity index (χ0v) is 8.34. The van der Waals surface area contributed by atoms with E-state index in [2.05, 4.69) is 18.3 Å². The van der Waals surface area contributed by atoms with Gasteiger partial charge in [0.25, 0.3) is 0 Å². The monoisotopic (exact) mass is 178 g/mol. The summed E-state index contributed by atoms with van der Waals surface area (Å²) in [6.45, 7) is 2.21. The van der Waals surface area contributed by atoms with Crippen molar-refractivity contribution in [2.45, 2.75) is 57.0 Å². The van der Waals surface area contributed by atoms with Gasteiger partial charge in [-0.1, -0.05) is 19.8 Å². The molecule has 0 aromatic carbocycles. The lowest BCUT2D eigenvalue weighted by molar-refractivity contribution is 0.306. The lowest BCUT2D eigenvalue weighted by atomic mass is 9.86. The maximum Gasteiger partial charge on any atom is 0.109 e. The summed E-state index contributed by atoms with van der Waals surface area (Å²) in [5.74, 6) is 0.595. The average Bonchev–Trinajstić information content (AvgIpc) is 2.85. The summed E-state index contributed by atoms with van der Waals surface area (Å²) >= 11 is 0. The minimum Gasteiger partial charge on any atom is -0.296 e. The summed E-state index contributed by atoms with van der Waals surface area (Å²) in [6, 6.07) is 3.20. The van der Waals surface area contributed by atoms with E-state index in [9.17, 15) is 5.26 Å². The van der Waals surface area contributed by atoms with Crippen LogP contribution in [0.4, 0.5) is 0 Å². The second kappa shape index (κ2) is 3.31. The Morgan fingerprint density at radius 2 is 2.23 bits per heavy atom. The Labute approximate surface area is 80.3 Å². The third kappa shape index (κ3) is 1.58. The van der Waals surface area contributed by atoms with Gasteiger partial charge in [0.15, 0.2) is 0 Å². The van der Waals surface area contributed by atoms with Crippen molar-refractivity contribution < 1.29 is 0 Å². The van der Waals surface area contributed by atoms with Crippen molar-refractivity contribution in [1.82, 2.24) is 5.32 Å². The second-order valence-corrected chi connectivity index (χ2v) is 4.50. The van der Waals surface area contributed by atoms with E-state index >= 15 is 0 Å². The third-order valence-corrected chi connectivity index (χ3v) is 3.55. The Morgan fingerprint density at radius 1 is 1.46 bits per heavy atom. The first-order chi connectivity index (χ1) is 6.30. The first-order valence-electron chi connectivity index (χ1n) is 5.49. The van der Waals surface area contributed by atoms with Gasteiger partial charge in [-0.05, 0) is 31.6 Å². The highest BCUT2D eigenvalue weighted by Gasteiger charge is 2.44. The number of rotatable bonds is 3. The van der Waals surface area contributed by atoms with Crippen LogP contribution in [-0.2, 0) is 0 Å². The maximum atomic E-state index is 9.28. The van der Waals surface area contributed by atoms with Gasteiger partial charge in [0, 0.05) is 6.04 Å². The fourth-order valence-electron chi connectivity index (χ4n) is 2.59. The van der Waals surface area contributed by atoms with Gasteiger partial charge < -0.3 is 0 Å². The molecule has 0 radical (unpaired) electrons. The van der Waals surface area contributed by atoms with Crippen molar-refractivity contribution >= 4 is 0 Å². The molecule has 1 N–H and O–H groups in total. The van der Waals surface area contributed by atoms with Gasteiger partial charge in [0.05, 0.1) is 6.07 Å². The smallest absolute Gasteiger partial charge is 0.109 e. The van der Waals surface area contributed by atoms with Crippen LogP contribution in [0.25, 0.3) is 0 Å². The van der Waals surface area contributed by atoms with Gasteiger partial charge in [-0.2, -0.15) is 5.26 Å². The van der Waals surface area contributed by atoms with Crippen LogP contribution in [0.3, 0.4) is 0 Å². The first-order valence-corrected chi connectivity index (χ1v) is 5.49. The van der Waals surface area contributed by atoms with Crippen LogP contribution in [0.15, 0.2) is 0 Å². The van der Waals surface area contributed by atoms with E-state index < -0.39 is 0 Å². The van der Waals surface area contributed by atoms with Gasteiger partial charge in [-0.15, -0.1) is 0 Å². The highest BCUT2D eigenvalue weighted by molar-refractivity contribution is 5.15. The van der Waals surface area contributed by atoms with Crippen LogP contribution in [0.5, 0.6) is 0 Å². The number of hydrogen-bond donors (Lipinski definition) is 1. The summed E-state index contributed by atoms with van der Waals surface area (Å²) in [5, 5.41) is 12.8. The van der Waals surface area contributed by atoms with Crippen LogP contribution >= 0.6 is 0 Å². The molecule has 2 aliphatic rings. The third-order valence-electron chi connectivity index (χ3n) is 3.55. The van der Waals surface area contributed by atoms with E-state index in [1.807, 2.05) is 0 Å². The summed E-state index contributed by atoms with van der Waals surface area (Å²) in [4.78, 5) is 0. The SMILES string of the molecule is CCC1CCCC1(C#N)NC1CC1. The number of nitriles is 1. The standard InChI is InChI=1S/C11H18N2/c1-2-9-4-3-7-11(9,8-12)13-10-5-6-10/h9-10,13H,2-7H2,1H3. The molecule has 2 saturated carbocycles. The van der Waals surface area contributed by atoms with Crippen LogP contribution in [-0.4, -0.2) is 11.6 Å². The Bertz CT molecular complexity index is 227. The lowest BCUT2D eigenvalue weighted by Crippen LogP contribution is -2.48. The molecule has 0 spiro atoms. The molecular weight excluding hydrogens is 160 g/mol. The molecule has 0 aromatic rings. The minimum atomic E-state index is -0.157. The molecular formula is C11H18N2. The minimum absolute atomic E-state index is 0.157. The molecule has 0 amide bonds. The zero-order chi connectivity index (χ0) is 9.31. The predicted molar refractivity (Wildman–Crippen MR) is 52.1 cm³/mol. The fourth-order valence-corrected chi connectivity index (χ4v) is 2.59. The predicted octanol–water partition coefficient (Wildman–Crippen LogP) is 2.21. The fraction of sp³-hybridized carbons (Fsp3) is 0.909. The summed E-state index contributed by atoms with van der Waals surface area (Å²) in [5.41, 5.74) is -0.157. The number of hydrogen-bond acceptors (Lipinski definition) is 2. The van der Waals surface area contributed by atoms with E-state index in [4.69, 9.17) is 0 Å². The average molecular weight is 178 g/mol. The molecule has 2 aliphatic carbocycles. The van der Waals surface area contributed by atoms with Crippen LogP contribution < -0.4 is 5.32 Å². The van der Waals surface area contributed by atoms with Crippen molar-refractivity contribution in [3.8, 4) is 6.07 Å². The molecule has 2 atom stereocenters. The molecule has 13 heavy (non-hydrogen) atoms. The molecule has 2 nitrogen and oxygen atoms in total. The van der Waals surface area contributed by atoms with Crippen LogP contribution in [0.1, 0.15) is 45.4 Å². The molecule has 0 bridgehead atoms. The Morgan fingerprint density at radius 3 is 2.77 bits per heavy atom. The topological polar surface area (TPSA) is 35.8 Å². The van der Waals surface area contributed by atoms with E-state index in [1.54, 1.807) is 0 Å². The van der Waals surface area contributed by atoms with Crippen LogP contribution in [0.2, 0.25) is 0 Å². The van der Waals surface area contributed by atoms with E-state index in [0.717, 1.165) is 12.8 Å². The van der Waals surface area contributed by atoms with Gasteiger partial charge >= 0.3 is 0 Å². The molecule has 2 heteroatoms. The Kier molecular flexibility index (Phi) is 2.29. The summed E-state index contributed by atoms with van der Waals surface area (Å²) < 4.78 is 0. The van der Waals surface area contributed by atoms with Gasteiger partial charge in [0.1, 0.15) is 5.54 Å². The van der Waals surface area contributed by atoms with Crippen molar-refractivity contribution in [2.75, 3.05) is 0 Å². The van der Waals surface area contributed by atoms with Gasteiger partial charge in [0.2, 0.25) is 0 Å². The Hall–Kier alpha value is -0.550. The van der Waals surface area contributed by atoms with E-state index in [0.29, 0.717) is 12.0 Å². The van der Waals surface area contributed by atoms with Crippen molar-refractivity contribution in [3.63, 3.8) is 0 Å². The van der Waals surface area contributed by atoms with Gasteiger partial charge in [-0.3, -0.25) is 5.32 Å². The highest BCUT2D eigenvalue weighted by Crippen LogP contribution is 2.39. The molecule has 0 aliphatic heterocycles. The van der Waals surface area contributed by atoms with Crippen molar-refractivity contribution in [2.24, 2.45) is 5.92 Å². The molecule has 72 valence electrons. The normalized spacial score (nSPS) is 38.9. The summed E-state index contributed by atoms with van der Waals surface area (Å²) in [7, 11) is 0. The summed E-state index contributed by atoms with van der Waals surface area (Å²) in [6.07, 6.45) is 7.24. The first kappa shape index (κ1) is 9.02. The molecule has 0 aromatic heterocycles. The number of nitrogens with zero attached hydrogens (tertiary/aromatic N) is 1. The molecule has 0 heterocycles. The maximum absolute atomic E-state index is 9.28. The zero-order valence-electron chi connectivity index (χ0n) is 8.34. The van der Waals surface area contributed by atoms with Crippen LogP contribution in [0, 0.1) is 17.2 Å². The van der Waals surface area contributed by atoms with E-state index in [-0.39, 0.29) is 5.54 Å². The quantitative estimate of drug-likeness (QED) is 0.719. The molecule has 2 rings (SSSR count).